The first-order valence-corrected chi connectivity index (χ1v) is 7.26. The quantitative estimate of drug-likeness (QED) is 0.696. The molecule has 23 heavy (non-hydrogen) atoms. The fourth-order valence-corrected chi connectivity index (χ4v) is 2.10. The summed E-state index contributed by atoms with van der Waals surface area (Å²) in [4.78, 5) is 8.39. The largest absolute Gasteiger partial charge is 0.497 e. The van der Waals surface area contributed by atoms with Crippen molar-refractivity contribution in [3.05, 3.63) is 66.1 Å². The number of hydrogen-bond donors (Lipinski definition) is 0. The summed E-state index contributed by atoms with van der Waals surface area (Å²) in [6, 6.07) is 11.4. The van der Waals surface area contributed by atoms with Gasteiger partial charge >= 0.3 is 0 Å². The van der Waals surface area contributed by atoms with E-state index in [9.17, 15) is 0 Å². The van der Waals surface area contributed by atoms with Crippen LogP contribution in [0.15, 0.2) is 53.3 Å². The van der Waals surface area contributed by atoms with Gasteiger partial charge in [0.15, 0.2) is 11.9 Å². The van der Waals surface area contributed by atoms with Crippen LogP contribution in [0.2, 0.25) is 0 Å². The summed E-state index contributed by atoms with van der Waals surface area (Å²) >= 11 is 0. The number of rotatable bonds is 6. The second-order valence-electron chi connectivity index (χ2n) is 5.02. The molecule has 118 valence electrons. The maximum Gasteiger partial charge on any atom is 0.267 e. The molecule has 2 heterocycles. The number of hydrogen-bond acceptors (Lipinski definition) is 6. The van der Waals surface area contributed by atoms with E-state index in [1.165, 1.54) is 0 Å². The Morgan fingerprint density at radius 1 is 1.13 bits per heavy atom. The second-order valence-corrected chi connectivity index (χ2v) is 5.02. The van der Waals surface area contributed by atoms with Crippen molar-refractivity contribution in [1.29, 1.82) is 0 Å². The number of aromatic nitrogens is 3. The average Bonchev–Trinajstić information content (AvgIpc) is 3.05. The summed E-state index contributed by atoms with van der Waals surface area (Å²) < 4.78 is 16.1. The zero-order valence-electron chi connectivity index (χ0n) is 13.0. The lowest BCUT2D eigenvalue weighted by atomic mass is 10.1. The fraction of sp³-hybridized carbons (Fsp3) is 0.235. The van der Waals surface area contributed by atoms with Crippen molar-refractivity contribution in [2.75, 3.05) is 7.11 Å². The number of benzene rings is 1. The lowest BCUT2D eigenvalue weighted by Gasteiger charge is -2.09. The van der Waals surface area contributed by atoms with Crippen molar-refractivity contribution in [3.63, 3.8) is 0 Å². The second kappa shape index (κ2) is 6.91. The van der Waals surface area contributed by atoms with Crippen LogP contribution in [0.3, 0.4) is 0 Å². The molecule has 0 aliphatic carbocycles. The molecule has 0 radical (unpaired) electrons. The zero-order chi connectivity index (χ0) is 16.1. The SMILES string of the molecule is COc1ccc(Cc2noc([C@H](C)Oc3cccnc3)n2)cc1. The van der Waals surface area contributed by atoms with E-state index in [2.05, 4.69) is 15.1 Å². The van der Waals surface area contributed by atoms with E-state index in [-0.39, 0.29) is 6.10 Å². The lowest BCUT2D eigenvalue weighted by Crippen LogP contribution is -2.04. The van der Waals surface area contributed by atoms with E-state index in [0.717, 1.165) is 11.3 Å². The molecule has 0 aliphatic heterocycles. The van der Waals surface area contributed by atoms with E-state index in [1.54, 1.807) is 19.5 Å². The fourth-order valence-electron chi connectivity index (χ4n) is 2.10. The molecule has 1 aromatic carbocycles. The van der Waals surface area contributed by atoms with E-state index in [0.29, 0.717) is 23.9 Å². The molecule has 0 aliphatic rings. The molecule has 0 spiro atoms. The third kappa shape index (κ3) is 3.85. The summed E-state index contributed by atoms with van der Waals surface area (Å²) in [7, 11) is 1.64. The van der Waals surface area contributed by atoms with Crippen molar-refractivity contribution in [3.8, 4) is 11.5 Å². The van der Waals surface area contributed by atoms with Gasteiger partial charge in [0.2, 0.25) is 0 Å². The van der Waals surface area contributed by atoms with E-state index >= 15 is 0 Å². The molecule has 6 nitrogen and oxygen atoms in total. The minimum Gasteiger partial charge on any atom is -0.497 e. The van der Waals surface area contributed by atoms with Gasteiger partial charge in [-0.25, -0.2) is 0 Å². The van der Waals surface area contributed by atoms with Gasteiger partial charge in [-0.2, -0.15) is 4.98 Å². The molecule has 0 unspecified atom stereocenters. The summed E-state index contributed by atoms with van der Waals surface area (Å²) in [6.07, 6.45) is 3.59. The molecule has 0 N–H and O–H groups in total. The van der Waals surface area contributed by atoms with Crippen molar-refractivity contribution < 1.29 is 14.0 Å². The van der Waals surface area contributed by atoms with Gasteiger partial charge < -0.3 is 14.0 Å². The first-order valence-electron chi connectivity index (χ1n) is 7.26. The Bertz CT molecular complexity index is 741. The van der Waals surface area contributed by atoms with Crippen LogP contribution in [-0.2, 0) is 6.42 Å². The van der Waals surface area contributed by atoms with Crippen molar-refractivity contribution in [1.82, 2.24) is 15.1 Å². The highest BCUT2D eigenvalue weighted by Gasteiger charge is 2.16. The van der Waals surface area contributed by atoms with Gasteiger partial charge in [-0.3, -0.25) is 4.98 Å². The normalized spacial score (nSPS) is 11.9. The van der Waals surface area contributed by atoms with Crippen LogP contribution in [0.5, 0.6) is 11.5 Å². The Morgan fingerprint density at radius 2 is 1.96 bits per heavy atom. The van der Waals surface area contributed by atoms with Crippen molar-refractivity contribution in [2.45, 2.75) is 19.4 Å². The predicted octanol–water partition coefficient (Wildman–Crippen LogP) is 3.20. The maximum absolute atomic E-state index is 5.72. The van der Waals surface area contributed by atoms with Crippen LogP contribution in [0.4, 0.5) is 0 Å². The highest BCUT2D eigenvalue weighted by atomic mass is 16.5. The van der Waals surface area contributed by atoms with E-state index in [4.69, 9.17) is 14.0 Å². The number of methoxy groups -OCH3 is 1. The minimum absolute atomic E-state index is 0.337. The Balaban J connectivity index is 1.65. The topological polar surface area (TPSA) is 70.3 Å². The van der Waals surface area contributed by atoms with Gasteiger partial charge in [0.1, 0.15) is 11.5 Å². The number of ether oxygens (including phenoxy) is 2. The molecule has 3 rings (SSSR count). The van der Waals surface area contributed by atoms with Gasteiger partial charge in [0, 0.05) is 12.6 Å². The van der Waals surface area contributed by atoms with E-state index < -0.39 is 0 Å². The Hall–Kier alpha value is -2.89. The highest BCUT2D eigenvalue weighted by Crippen LogP contribution is 2.20. The number of pyridine rings is 1. The average molecular weight is 311 g/mol. The molecule has 6 heteroatoms. The molecule has 0 fully saturated rings. The molecule has 0 amide bonds. The molecule has 2 aromatic heterocycles. The van der Waals surface area contributed by atoms with Crippen LogP contribution in [0.1, 0.15) is 30.3 Å². The molecular weight excluding hydrogens is 294 g/mol. The van der Waals surface area contributed by atoms with Crippen LogP contribution in [0, 0.1) is 0 Å². The Labute approximate surface area is 134 Å². The van der Waals surface area contributed by atoms with E-state index in [1.807, 2.05) is 43.3 Å². The van der Waals surface area contributed by atoms with Crippen LogP contribution >= 0.6 is 0 Å². The smallest absolute Gasteiger partial charge is 0.267 e. The first-order chi connectivity index (χ1) is 11.2. The standard InChI is InChI=1S/C17H17N3O3/c1-12(22-15-4-3-9-18-11-15)17-19-16(20-23-17)10-13-5-7-14(21-2)8-6-13/h3-9,11-12H,10H2,1-2H3/t12-/m0/s1. The highest BCUT2D eigenvalue weighted by molar-refractivity contribution is 5.28. The molecule has 0 bridgehead atoms. The van der Waals surface area contributed by atoms with Crippen LogP contribution < -0.4 is 9.47 Å². The summed E-state index contributed by atoms with van der Waals surface area (Å²) in [5, 5.41) is 4.00. The molecular formula is C17H17N3O3. The Kier molecular flexibility index (Phi) is 4.52. The predicted molar refractivity (Wildman–Crippen MR) is 83.4 cm³/mol. The molecule has 3 aromatic rings. The Morgan fingerprint density at radius 3 is 2.65 bits per heavy atom. The number of nitrogens with zero attached hydrogens (tertiary/aromatic N) is 3. The minimum atomic E-state index is -0.337. The van der Waals surface area contributed by atoms with Crippen LogP contribution in [0.25, 0.3) is 0 Å². The van der Waals surface area contributed by atoms with Crippen molar-refractivity contribution in [2.24, 2.45) is 0 Å². The summed E-state index contributed by atoms with van der Waals surface area (Å²) in [6.45, 7) is 1.86. The lowest BCUT2D eigenvalue weighted by molar-refractivity contribution is 0.175. The third-order valence-electron chi connectivity index (χ3n) is 3.30. The van der Waals surface area contributed by atoms with Gasteiger partial charge in [0.25, 0.3) is 5.89 Å². The summed E-state index contributed by atoms with van der Waals surface area (Å²) in [5.74, 6) is 2.54. The maximum atomic E-state index is 5.72. The van der Waals surface area contributed by atoms with Crippen molar-refractivity contribution >= 4 is 0 Å². The monoisotopic (exact) mass is 311 g/mol. The summed E-state index contributed by atoms with van der Waals surface area (Å²) in [5.41, 5.74) is 1.08. The van der Waals surface area contributed by atoms with Gasteiger partial charge in [-0.15, -0.1) is 0 Å². The van der Waals surface area contributed by atoms with Gasteiger partial charge in [-0.1, -0.05) is 17.3 Å². The van der Waals surface area contributed by atoms with Crippen LogP contribution in [-0.4, -0.2) is 22.2 Å². The van der Waals surface area contributed by atoms with Gasteiger partial charge in [-0.05, 0) is 36.8 Å². The zero-order valence-corrected chi connectivity index (χ0v) is 13.0. The molecule has 0 saturated heterocycles. The van der Waals surface area contributed by atoms with Gasteiger partial charge in [0.05, 0.1) is 13.3 Å². The third-order valence-corrected chi connectivity index (χ3v) is 3.30. The first kappa shape index (κ1) is 15.0. The molecule has 1 atom stereocenters. The molecule has 0 saturated carbocycles.